The largest absolute Gasteiger partial charge is 0.383 e. The number of anilines is 1. The molecule has 0 bridgehead atoms. The van der Waals surface area contributed by atoms with Gasteiger partial charge in [-0.1, -0.05) is 11.6 Å². The number of ether oxygens (including phenoxy) is 1. The Labute approximate surface area is 114 Å². The van der Waals surface area contributed by atoms with E-state index >= 15 is 0 Å². The summed E-state index contributed by atoms with van der Waals surface area (Å²) >= 11 is 9.43. The molecule has 1 aromatic heterocycles. The van der Waals surface area contributed by atoms with Crippen LogP contribution in [0.15, 0.2) is 16.7 Å². The van der Waals surface area contributed by atoms with Crippen LogP contribution in [0.2, 0.25) is 5.02 Å². The van der Waals surface area contributed by atoms with E-state index in [1.54, 1.807) is 19.4 Å². The highest BCUT2D eigenvalue weighted by Crippen LogP contribution is 2.26. The summed E-state index contributed by atoms with van der Waals surface area (Å²) in [6.45, 7) is 1.82. The van der Waals surface area contributed by atoms with E-state index in [1.165, 1.54) is 0 Å². The topological polar surface area (TPSA) is 49.1 Å². The molecule has 17 heavy (non-hydrogen) atoms. The van der Waals surface area contributed by atoms with Gasteiger partial charge in [0.25, 0.3) is 0 Å². The van der Waals surface area contributed by atoms with Gasteiger partial charge in [0.2, 0.25) is 0 Å². The van der Waals surface area contributed by atoms with Crippen LogP contribution >= 0.6 is 27.5 Å². The fraction of sp³-hybridized carbons (Fsp3) is 0.455. The van der Waals surface area contributed by atoms with Crippen molar-refractivity contribution in [3.63, 3.8) is 0 Å². The maximum atomic E-state index is 8.63. The SMILES string of the molecule is COCCN(CCC#N)c1ncc(Br)cc1Cl. The fourth-order valence-corrected chi connectivity index (χ4v) is 2.10. The third-order valence-electron chi connectivity index (χ3n) is 2.15. The highest BCUT2D eigenvalue weighted by molar-refractivity contribution is 9.10. The van der Waals surface area contributed by atoms with E-state index in [0.717, 1.165) is 4.47 Å². The smallest absolute Gasteiger partial charge is 0.147 e. The lowest BCUT2D eigenvalue weighted by Gasteiger charge is -2.23. The second-order valence-corrected chi connectivity index (χ2v) is 4.67. The molecule has 1 aromatic rings. The van der Waals surface area contributed by atoms with E-state index < -0.39 is 0 Å². The number of methoxy groups -OCH3 is 1. The molecule has 4 nitrogen and oxygen atoms in total. The standard InChI is InChI=1S/C11H13BrClN3O/c1-17-6-5-16(4-2-3-14)11-10(13)7-9(12)8-15-11/h7-8H,2,4-6H2,1H3. The summed E-state index contributed by atoms with van der Waals surface area (Å²) in [5, 5.41) is 9.20. The molecule has 0 saturated heterocycles. The quantitative estimate of drug-likeness (QED) is 0.809. The molecule has 0 atom stereocenters. The predicted molar refractivity (Wildman–Crippen MR) is 71.3 cm³/mol. The van der Waals surface area contributed by atoms with Crippen LogP contribution in [-0.4, -0.2) is 31.8 Å². The average Bonchev–Trinajstić information content (AvgIpc) is 2.30. The summed E-state index contributed by atoms with van der Waals surface area (Å²) in [5.74, 6) is 0.683. The lowest BCUT2D eigenvalue weighted by atomic mass is 10.3. The molecule has 0 amide bonds. The molecular formula is C11H13BrClN3O. The normalized spacial score (nSPS) is 10.0. The number of pyridine rings is 1. The van der Waals surface area contributed by atoms with E-state index in [1.807, 2.05) is 4.90 Å². The first kappa shape index (κ1) is 14.2. The van der Waals surface area contributed by atoms with Crippen molar-refractivity contribution in [2.75, 3.05) is 31.7 Å². The number of nitriles is 1. The minimum Gasteiger partial charge on any atom is -0.383 e. The second-order valence-electron chi connectivity index (χ2n) is 3.35. The fourth-order valence-electron chi connectivity index (χ4n) is 1.35. The number of rotatable bonds is 6. The number of halogens is 2. The van der Waals surface area contributed by atoms with Gasteiger partial charge in [0.1, 0.15) is 5.82 Å². The summed E-state index contributed by atoms with van der Waals surface area (Å²) < 4.78 is 5.86. The van der Waals surface area contributed by atoms with Gasteiger partial charge in [-0.3, -0.25) is 0 Å². The summed E-state index contributed by atoms with van der Waals surface area (Å²) in [6, 6.07) is 3.90. The van der Waals surface area contributed by atoms with E-state index in [2.05, 4.69) is 27.0 Å². The van der Waals surface area contributed by atoms with Crippen molar-refractivity contribution in [3.8, 4) is 6.07 Å². The Morgan fingerprint density at radius 3 is 2.94 bits per heavy atom. The third kappa shape index (κ3) is 4.50. The number of hydrogen-bond acceptors (Lipinski definition) is 4. The zero-order valence-corrected chi connectivity index (χ0v) is 11.8. The first-order valence-corrected chi connectivity index (χ1v) is 6.28. The highest BCUT2D eigenvalue weighted by Gasteiger charge is 2.11. The minimum atomic E-state index is 0.428. The van der Waals surface area contributed by atoms with Gasteiger partial charge in [-0.2, -0.15) is 5.26 Å². The lowest BCUT2D eigenvalue weighted by Crippen LogP contribution is -2.29. The molecule has 0 N–H and O–H groups in total. The lowest BCUT2D eigenvalue weighted by molar-refractivity contribution is 0.205. The van der Waals surface area contributed by atoms with Crippen LogP contribution in [0.25, 0.3) is 0 Å². The second kappa shape index (κ2) is 7.49. The molecule has 0 aliphatic rings. The predicted octanol–water partition coefficient (Wildman–Crippen LogP) is 2.86. The van der Waals surface area contributed by atoms with Crippen molar-refractivity contribution < 1.29 is 4.74 Å². The number of nitrogens with zero attached hydrogens (tertiary/aromatic N) is 3. The van der Waals surface area contributed by atoms with Crippen LogP contribution in [0.5, 0.6) is 0 Å². The summed E-state index contributed by atoms with van der Waals surface area (Å²) in [4.78, 5) is 6.21. The minimum absolute atomic E-state index is 0.428. The summed E-state index contributed by atoms with van der Waals surface area (Å²) in [6.07, 6.45) is 2.12. The molecule has 0 spiro atoms. The molecule has 92 valence electrons. The van der Waals surface area contributed by atoms with E-state index in [4.69, 9.17) is 21.6 Å². The van der Waals surface area contributed by atoms with Crippen molar-refractivity contribution in [2.24, 2.45) is 0 Å². The van der Waals surface area contributed by atoms with Crippen LogP contribution in [0.4, 0.5) is 5.82 Å². The zero-order chi connectivity index (χ0) is 12.7. The number of hydrogen-bond donors (Lipinski definition) is 0. The molecular weight excluding hydrogens is 305 g/mol. The average molecular weight is 319 g/mol. The molecule has 0 aliphatic heterocycles. The Morgan fingerprint density at radius 1 is 1.59 bits per heavy atom. The van der Waals surface area contributed by atoms with Crippen LogP contribution in [0.1, 0.15) is 6.42 Å². The van der Waals surface area contributed by atoms with Crippen molar-refractivity contribution >= 4 is 33.3 Å². The van der Waals surface area contributed by atoms with Gasteiger partial charge in [0.05, 0.1) is 24.1 Å². The van der Waals surface area contributed by atoms with E-state index in [9.17, 15) is 0 Å². The zero-order valence-electron chi connectivity index (χ0n) is 9.49. The van der Waals surface area contributed by atoms with Crippen LogP contribution in [-0.2, 0) is 4.74 Å². The Hall–Kier alpha value is -0.830. The monoisotopic (exact) mass is 317 g/mol. The Bertz CT molecular complexity index is 408. The first-order valence-electron chi connectivity index (χ1n) is 5.11. The molecule has 6 heteroatoms. The molecule has 0 aromatic carbocycles. The van der Waals surface area contributed by atoms with Gasteiger partial charge in [-0.25, -0.2) is 4.98 Å². The Balaban J connectivity index is 2.83. The Kier molecular flexibility index (Phi) is 6.27. The van der Waals surface area contributed by atoms with Gasteiger partial charge >= 0.3 is 0 Å². The third-order valence-corrected chi connectivity index (χ3v) is 2.86. The van der Waals surface area contributed by atoms with Crippen LogP contribution < -0.4 is 4.90 Å². The number of aromatic nitrogens is 1. The molecule has 1 rings (SSSR count). The highest BCUT2D eigenvalue weighted by atomic mass is 79.9. The van der Waals surface area contributed by atoms with Gasteiger partial charge < -0.3 is 9.64 Å². The van der Waals surface area contributed by atoms with Crippen LogP contribution in [0, 0.1) is 11.3 Å². The molecule has 0 radical (unpaired) electrons. The molecule has 0 fully saturated rings. The maximum absolute atomic E-state index is 8.63. The molecule has 0 saturated carbocycles. The molecule has 0 unspecified atom stereocenters. The maximum Gasteiger partial charge on any atom is 0.147 e. The first-order chi connectivity index (χ1) is 8.19. The summed E-state index contributed by atoms with van der Waals surface area (Å²) in [7, 11) is 1.64. The summed E-state index contributed by atoms with van der Waals surface area (Å²) in [5.41, 5.74) is 0. The molecule has 1 heterocycles. The van der Waals surface area contributed by atoms with Gasteiger partial charge in [-0.15, -0.1) is 0 Å². The van der Waals surface area contributed by atoms with E-state index in [0.29, 0.717) is 37.0 Å². The van der Waals surface area contributed by atoms with Crippen LogP contribution in [0.3, 0.4) is 0 Å². The van der Waals surface area contributed by atoms with Gasteiger partial charge in [-0.05, 0) is 22.0 Å². The van der Waals surface area contributed by atoms with Gasteiger partial charge in [0.15, 0.2) is 0 Å². The van der Waals surface area contributed by atoms with Crippen molar-refractivity contribution in [1.29, 1.82) is 5.26 Å². The van der Waals surface area contributed by atoms with Gasteiger partial charge in [0, 0.05) is 30.9 Å². The van der Waals surface area contributed by atoms with Crippen molar-refractivity contribution in [2.45, 2.75) is 6.42 Å². The molecule has 0 aliphatic carbocycles. The van der Waals surface area contributed by atoms with Crippen molar-refractivity contribution in [3.05, 3.63) is 21.8 Å². The Morgan fingerprint density at radius 2 is 2.35 bits per heavy atom. The van der Waals surface area contributed by atoms with Crippen molar-refractivity contribution in [1.82, 2.24) is 4.98 Å². The van der Waals surface area contributed by atoms with E-state index in [-0.39, 0.29) is 0 Å².